The highest BCUT2D eigenvalue weighted by atomic mass is 32.2. The lowest BCUT2D eigenvalue weighted by molar-refractivity contribution is 0.147. The van der Waals surface area contributed by atoms with Crippen molar-refractivity contribution < 1.29 is 13.2 Å². The molecule has 182 valence electrons. The summed E-state index contributed by atoms with van der Waals surface area (Å²) in [6.45, 7) is 4.11. The number of nitrogen functional groups attached to an aromatic ring is 1. The Balaban J connectivity index is 1.87. The van der Waals surface area contributed by atoms with Crippen LogP contribution < -0.4 is 20.5 Å². The summed E-state index contributed by atoms with van der Waals surface area (Å²) >= 11 is 0. The predicted octanol–water partition coefficient (Wildman–Crippen LogP) is 2.89. The number of nitrogens with zero attached hydrogens (tertiary/aromatic N) is 4. The number of hydrogen-bond donors (Lipinski definition) is 2. The van der Waals surface area contributed by atoms with E-state index in [1.54, 1.807) is 0 Å². The van der Waals surface area contributed by atoms with Crippen molar-refractivity contribution in [3.8, 4) is 23.1 Å². The van der Waals surface area contributed by atoms with E-state index in [0.717, 1.165) is 42.4 Å². The van der Waals surface area contributed by atoms with E-state index in [2.05, 4.69) is 23.8 Å². The van der Waals surface area contributed by atoms with Crippen LogP contribution in [0.25, 0.3) is 11.3 Å². The number of benzene rings is 1. The molecular formula is C24H32N6O3S. The third-order valence-corrected chi connectivity index (χ3v) is 8.63. The van der Waals surface area contributed by atoms with Gasteiger partial charge in [0, 0.05) is 24.2 Å². The number of nitrogens with two attached hydrogens (primary N) is 2. The van der Waals surface area contributed by atoms with Crippen LogP contribution in [0, 0.1) is 11.3 Å². The van der Waals surface area contributed by atoms with Gasteiger partial charge in [-0.1, -0.05) is 13.8 Å². The normalized spacial score (nSPS) is 21.1. The van der Waals surface area contributed by atoms with Gasteiger partial charge in [-0.15, -0.1) is 0 Å². The zero-order chi connectivity index (χ0) is 24.7. The molecule has 0 amide bonds. The first-order valence-electron chi connectivity index (χ1n) is 11.6. The minimum atomic E-state index is -3.75. The Morgan fingerprint density at radius 2 is 1.94 bits per heavy atom. The van der Waals surface area contributed by atoms with Gasteiger partial charge in [0.25, 0.3) is 0 Å². The average Bonchev–Trinajstić information content (AvgIpc) is 2.78. The molecule has 4 N–H and O–H groups in total. The lowest BCUT2D eigenvalue weighted by atomic mass is 9.71. The van der Waals surface area contributed by atoms with Crippen LogP contribution in [0.1, 0.15) is 57.1 Å². The monoisotopic (exact) mass is 484 g/mol. The van der Waals surface area contributed by atoms with E-state index in [-0.39, 0.29) is 24.3 Å². The van der Waals surface area contributed by atoms with Crippen molar-refractivity contribution in [3.05, 3.63) is 29.6 Å². The van der Waals surface area contributed by atoms with Crippen LogP contribution in [0.2, 0.25) is 0 Å². The predicted molar refractivity (Wildman–Crippen MR) is 132 cm³/mol. The number of nitriles is 1. The van der Waals surface area contributed by atoms with Gasteiger partial charge in [-0.3, -0.25) is 4.31 Å². The molecule has 0 unspecified atom stereocenters. The molecule has 2 aliphatic rings. The molecule has 1 aromatic heterocycles. The van der Waals surface area contributed by atoms with Crippen LogP contribution in [-0.2, 0) is 21.9 Å². The Morgan fingerprint density at radius 3 is 2.62 bits per heavy atom. The van der Waals surface area contributed by atoms with Gasteiger partial charge in [-0.2, -0.15) is 5.26 Å². The molecular weight excluding hydrogens is 452 g/mol. The maximum Gasteiger partial charge on any atom is 0.236 e. The van der Waals surface area contributed by atoms with Crippen molar-refractivity contribution in [2.24, 2.45) is 5.73 Å². The van der Waals surface area contributed by atoms with Crippen LogP contribution in [0.3, 0.4) is 0 Å². The minimum Gasteiger partial charge on any atom is -0.488 e. The van der Waals surface area contributed by atoms with Gasteiger partial charge in [0.05, 0.1) is 35.7 Å². The molecule has 2 aromatic rings. The molecule has 9 nitrogen and oxygen atoms in total. The van der Waals surface area contributed by atoms with Crippen molar-refractivity contribution >= 4 is 21.5 Å². The second kappa shape index (κ2) is 9.04. The topological polar surface area (TPSA) is 148 Å². The number of anilines is 2. The van der Waals surface area contributed by atoms with E-state index in [1.807, 2.05) is 18.2 Å². The van der Waals surface area contributed by atoms with Gasteiger partial charge in [0.2, 0.25) is 10.0 Å². The maximum absolute atomic E-state index is 13.2. The second-order valence-corrected chi connectivity index (χ2v) is 11.9. The van der Waals surface area contributed by atoms with Crippen LogP contribution in [-0.4, -0.2) is 43.3 Å². The van der Waals surface area contributed by atoms with Gasteiger partial charge < -0.3 is 16.2 Å². The summed E-state index contributed by atoms with van der Waals surface area (Å²) in [5.41, 5.74) is 15.6. The summed E-state index contributed by atoms with van der Waals surface area (Å²) in [5.74, 6) is 0.677. The average molecular weight is 485 g/mol. The molecule has 2 aliphatic carbocycles. The SMILES string of the molecule is CN(c1c(OC2CCC(N)CC2)ccc2c1CC(C)(C)c1c(N)ncnc1-2)S(=O)(=O)CCC#N. The number of aromatic nitrogens is 2. The number of hydrogen-bond acceptors (Lipinski definition) is 8. The van der Waals surface area contributed by atoms with Gasteiger partial charge in [0.1, 0.15) is 17.9 Å². The van der Waals surface area contributed by atoms with E-state index >= 15 is 0 Å². The first kappa shape index (κ1) is 24.2. The largest absolute Gasteiger partial charge is 0.488 e. The quantitative estimate of drug-likeness (QED) is 0.636. The van der Waals surface area contributed by atoms with Gasteiger partial charge in [-0.25, -0.2) is 18.4 Å². The second-order valence-electron chi connectivity index (χ2n) is 9.83. The molecule has 34 heavy (non-hydrogen) atoms. The van der Waals surface area contributed by atoms with Crippen LogP contribution >= 0.6 is 0 Å². The molecule has 0 saturated heterocycles. The smallest absolute Gasteiger partial charge is 0.236 e. The zero-order valence-electron chi connectivity index (χ0n) is 19.9. The zero-order valence-corrected chi connectivity index (χ0v) is 20.7. The molecule has 4 rings (SSSR count). The Kier molecular flexibility index (Phi) is 6.44. The first-order valence-corrected chi connectivity index (χ1v) is 13.2. The number of rotatable bonds is 6. The Hall–Kier alpha value is -2.90. The van der Waals surface area contributed by atoms with Crippen molar-refractivity contribution in [2.75, 3.05) is 22.8 Å². The van der Waals surface area contributed by atoms with Gasteiger partial charge >= 0.3 is 0 Å². The lowest BCUT2D eigenvalue weighted by Gasteiger charge is -2.37. The molecule has 1 heterocycles. The highest BCUT2D eigenvalue weighted by molar-refractivity contribution is 7.92. The van der Waals surface area contributed by atoms with Crippen molar-refractivity contribution in [1.29, 1.82) is 5.26 Å². The fourth-order valence-electron chi connectivity index (χ4n) is 5.09. The molecule has 0 bridgehead atoms. The highest BCUT2D eigenvalue weighted by Crippen LogP contribution is 2.50. The summed E-state index contributed by atoms with van der Waals surface area (Å²) in [6, 6.07) is 5.86. The highest BCUT2D eigenvalue weighted by Gasteiger charge is 2.38. The van der Waals surface area contributed by atoms with Gasteiger partial charge in [0.15, 0.2) is 0 Å². The van der Waals surface area contributed by atoms with E-state index in [1.165, 1.54) is 17.7 Å². The fourth-order valence-corrected chi connectivity index (χ4v) is 6.20. The van der Waals surface area contributed by atoms with E-state index in [9.17, 15) is 8.42 Å². The van der Waals surface area contributed by atoms with Crippen molar-refractivity contribution in [3.63, 3.8) is 0 Å². The number of fused-ring (bicyclic) bond motifs is 3. The number of ether oxygens (including phenoxy) is 1. The summed E-state index contributed by atoms with van der Waals surface area (Å²) < 4.78 is 34.1. The van der Waals surface area contributed by atoms with E-state index in [0.29, 0.717) is 29.4 Å². The summed E-state index contributed by atoms with van der Waals surface area (Å²) in [4.78, 5) is 8.71. The summed E-state index contributed by atoms with van der Waals surface area (Å²) in [6.07, 6.45) is 5.23. The van der Waals surface area contributed by atoms with Crippen LogP contribution in [0.5, 0.6) is 5.75 Å². The molecule has 0 radical (unpaired) electrons. The first-order chi connectivity index (χ1) is 16.0. The summed E-state index contributed by atoms with van der Waals surface area (Å²) in [7, 11) is -2.22. The van der Waals surface area contributed by atoms with E-state index in [4.69, 9.17) is 21.5 Å². The fraction of sp³-hybridized carbons (Fsp3) is 0.542. The third-order valence-electron chi connectivity index (χ3n) is 6.89. The maximum atomic E-state index is 13.2. The molecule has 10 heteroatoms. The Morgan fingerprint density at radius 1 is 1.24 bits per heavy atom. The van der Waals surface area contributed by atoms with Crippen LogP contribution in [0.4, 0.5) is 11.5 Å². The standard InChI is InChI=1S/C24H32N6O3S/c1-24(2)13-18-17(21-20(24)23(27)29-14-28-21)9-10-19(33-16-7-5-15(26)6-8-16)22(18)30(3)34(31,32)12-4-11-25/h9-10,14-16H,4-8,12-13,26H2,1-3H3,(H2,27,28,29). The minimum absolute atomic E-state index is 0.0336. The van der Waals surface area contributed by atoms with E-state index < -0.39 is 15.4 Å². The van der Waals surface area contributed by atoms with Crippen LogP contribution in [0.15, 0.2) is 18.5 Å². The molecule has 1 aromatic carbocycles. The summed E-state index contributed by atoms with van der Waals surface area (Å²) in [5, 5.41) is 8.98. The Bertz CT molecular complexity index is 1230. The molecule has 1 saturated carbocycles. The van der Waals surface area contributed by atoms with Crippen molar-refractivity contribution in [2.45, 2.75) is 69.9 Å². The Labute approximate surface area is 201 Å². The number of sulfonamides is 1. The van der Waals surface area contributed by atoms with Gasteiger partial charge in [-0.05, 0) is 55.2 Å². The molecule has 0 atom stereocenters. The van der Waals surface area contributed by atoms with Crippen molar-refractivity contribution in [1.82, 2.24) is 9.97 Å². The molecule has 0 aliphatic heterocycles. The third kappa shape index (κ3) is 4.42. The molecule has 1 fully saturated rings. The molecule has 0 spiro atoms. The lowest BCUT2D eigenvalue weighted by Crippen LogP contribution is -2.35.